The third-order valence-electron chi connectivity index (χ3n) is 5.39. The zero-order valence-electron chi connectivity index (χ0n) is 17.5. The molecule has 3 rings (SSSR count). The average Bonchev–Trinajstić information content (AvgIpc) is 3.05. The van der Waals surface area contributed by atoms with Gasteiger partial charge in [0.25, 0.3) is 5.91 Å². The lowest BCUT2D eigenvalue weighted by Gasteiger charge is -2.31. The summed E-state index contributed by atoms with van der Waals surface area (Å²) >= 11 is 0. The Kier molecular flexibility index (Phi) is 7.33. The molecule has 1 amide bonds. The lowest BCUT2D eigenvalue weighted by atomic mass is 10.1. The van der Waals surface area contributed by atoms with Gasteiger partial charge >= 0.3 is 12.1 Å². The summed E-state index contributed by atoms with van der Waals surface area (Å²) in [6.45, 7) is 3.01. The number of benzene rings is 1. The van der Waals surface area contributed by atoms with Crippen LogP contribution in [0.25, 0.3) is 0 Å². The van der Waals surface area contributed by atoms with Crippen molar-refractivity contribution in [1.82, 2.24) is 0 Å². The van der Waals surface area contributed by atoms with E-state index in [2.05, 4.69) is 5.32 Å². The number of anilines is 2. The molecule has 1 aromatic rings. The SMILES string of the molecule is C[C@H](OC(=O)C[C@@H]1CCS(=O)(=O)C1)C(=O)Nc1cc(C(F)(F)F)ccc1N1CCOCC1. The van der Waals surface area contributed by atoms with Crippen LogP contribution in [0.4, 0.5) is 24.5 Å². The Morgan fingerprint density at radius 1 is 1.28 bits per heavy atom. The fourth-order valence-corrected chi connectivity index (χ4v) is 5.56. The highest BCUT2D eigenvalue weighted by Crippen LogP contribution is 2.36. The number of alkyl halides is 3. The van der Waals surface area contributed by atoms with Crippen molar-refractivity contribution in [1.29, 1.82) is 0 Å². The number of ether oxygens (including phenoxy) is 2. The maximum atomic E-state index is 13.2. The van der Waals surface area contributed by atoms with E-state index in [0.29, 0.717) is 38.4 Å². The summed E-state index contributed by atoms with van der Waals surface area (Å²) in [5.41, 5.74) is -0.558. The summed E-state index contributed by atoms with van der Waals surface area (Å²) < 4.78 is 73.0. The van der Waals surface area contributed by atoms with Crippen molar-refractivity contribution in [2.24, 2.45) is 5.92 Å². The Balaban J connectivity index is 1.68. The molecule has 2 aliphatic rings. The number of carbonyl (C=O) groups is 2. The van der Waals surface area contributed by atoms with Crippen LogP contribution in [0.15, 0.2) is 18.2 Å². The van der Waals surface area contributed by atoms with Crippen molar-refractivity contribution in [3.8, 4) is 0 Å². The highest BCUT2D eigenvalue weighted by Gasteiger charge is 2.33. The van der Waals surface area contributed by atoms with Gasteiger partial charge in [0.05, 0.1) is 41.7 Å². The van der Waals surface area contributed by atoms with Crippen LogP contribution in [0.3, 0.4) is 0 Å². The Morgan fingerprint density at radius 2 is 1.97 bits per heavy atom. The van der Waals surface area contributed by atoms with E-state index in [1.165, 1.54) is 13.0 Å². The molecule has 0 unspecified atom stereocenters. The normalized spacial score (nSPS) is 21.8. The average molecular weight is 478 g/mol. The first-order chi connectivity index (χ1) is 14.9. The maximum Gasteiger partial charge on any atom is 0.416 e. The van der Waals surface area contributed by atoms with Gasteiger partial charge in [0.2, 0.25) is 0 Å². The molecule has 2 heterocycles. The first kappa shape index (κ1) is 24.3. The molecule has 1 N–H and O–H groups in total. The third-order valence-corrected chi connectivity index (χ3v) is 7.23. The Bertz CT molecular complexity index is 961. The van der Waals surface area contributed by atoms with E-state index in [-0.39, 0.29) is 29.5 Å². The Hall–Kier alpha value is -2.34. The second-order valence-electron chi connectivity index (χ2n) is 7.92. The van der Waals surface area contributed by atoms with Gasteiger partial charge < -0.3 is 19.7 Å². The fraction of sp³-hybridized carbons (Fsp3) is 0.600. The largest absolute Gasteiger partial charge is 0.453 e. The van der Waals surface area contributed by atoms with Gasteiger partial charge in [0.1, 0.15) is 0 Å². The molecule has 2 atom stereocenters. The van der Waals surface area contributed by atoms with Gasteiger partial charge in [-0.05, 0) is 37.5 Å². The predicted octanol–water partition coefficient (Wildman–Crippen LogP) is 2.24. The van der Waals surface area contributed by atoms with Crippen LogP contribution < -0.4 is 10.2 Å². The van der Waals surface area contributed by atoms with E-state index >= 15 is 0 Å². The van der Waals surface area contributed by atoms with Crippen LogP contribution in [0, 0.1) is 5.92 Å². The molecule has 2 fully saturated rings. The number of rotatable bonds is 6. The van der Waals surface area contributed by atoms with Crippen LogP contribution in [0.2, 0.25) is 0 Å². The number of esters is 1. The van der Waals surface area contributed by atoms with Crippen LogP contribution in [-0.4, -0.2) is 64.2 Å². The van der Waals surface area contributed by atoms with E-state index in [0.717, 1.165) is 12.1 Å². The summed E-state index contributed by atoms with van der Waals surface area (Å²) in [5.74, 6) is -1.96. The minimum atomic E-state index is -4.59. The number of sulfone groups is 1. The molecule has 1 aromatic carbocycles. The standard InChI is InChI=1S/C20H25F3N2O6S/c1-13(31-18(26)10-14-4-9-32(28,29)12-14)19(27)24-16-11-15(20(21,22)23)2-3-17(16)25-5-7-30-8-6-25/h2-3,11,13-14H,4-10,12H2,1H3,(H,24,27)/t13-,14-/m0/s1. The summed E-state index contributed by atoms with van der Waals surface area (Å²) in [6, 6.07) is 3.08. The minimum Gasteiger partial charge on any atom is -0.453 e. The van der Waals surface area contributed by atoms with Gasteiger partial charge in [-0.1, -0.05) is 0 Å². The number of halogens is 3. The number of hydrogen-bond acceptors (Lipinski definition) is 7. The molecular weight excluding hydrogens is 453 g/mol. The van der Waals surface area contributed by atoms with E-state index in [1.54, 1.807) is 4.90 Å². The molecule has 12 heteroatoms. The summed E-state index contributed by atoms with van der Waals surface area (Å²) in [6.07, 6.45) is -5.65. The fourth-order valence-electron chi connectivity index (χ4n) is 3.69. The third kappa shape index (κ3) is 6.35. The van der Waals surface area contributed by atoms with E-state index in [9.17, 15) is 31.2 Å². The second kappa shape index (κ2) is 9.65. The number of amides is 1. The van der Waals surface area contributed by atoms with Crippen molar-refractivity contribution in [2.45, 2.75) is 32.0 Å². The van der Waals surface area contributed by atoms with Crippen molar-refractivity contribution in [3.63, 3.8) is 0 Å². The molecule has 0 bridgehead atoms. The summed E-state index contributed by atoms with van der Waals surface area (Å²) in [4.78, 5) is 26.5. The molecule has 2 saturated heterocycles. The lowest BCUT2D eigenvalue weighted by molar-refractivity contribution is -0.153. The Morgan fingerprint density at radius 3 is 2.56 bits per heavy atom. The topological polar surface area (TPSA) is 102 Å². The zero-order valence-corrected chi connectivity index (χ0v) is 18.3. The van der Waals surface area contributed by atoms with Crippen molar-refractivity contribution in [3.05, 3.63) is 23.8 Å². The van der Waals surface area contributed by atoms with Gasteiger partial charge in [0.15, 0.2) is 15.9 Å². The molecule has 0 saturated carbocycles. The minimum absolute atomic E-state index is 0.0147. The highest BCUT2D eigenvalue weighted by molar-refractivity contribution is 7.91. The first-order valence-corrected chi connectivity index (χ1v) is 12.0. The molecular formula is C20H25F3N2O6S. The maximum absolute atomic E-state index is 13.2. The van der Waals surface area contributed by atoms with Gasteiger partial charge in [0, 0.05) is 19.5 Å². The number of nitrogens with zero attached hydrogens (tertiary/aromatic N) is 1. The molecule has 8 nitrogen and oxygen atoms in total. The molecule has 2 aliphatic heterocycles. The molecule has 0 spiro atoms. The van der Waals surface area contributed by atoms with Gasteiger partial charge in [-0.2, -0.15) is 13.2 Å². The molecule has 0 radical (unpaired) electrons. The van der Waals surface area contributed by atoms with E-state index in [1.807, 2.05) is 0 Å². The summed E-state index contributed by atoms with van der Waals surface area (Å²) in [5, 5.41) is 2.44. The lowest BCUT2D eigenvalue weighted by Crippen LogP contribution is -2.37. The van der Waals surface area contributed by atoms with Gasteiger partial charge in [-0.25, -0.2) is 8.42 Å². The summed E-state index contributed by atoms with van der Waals surface area (Å²) in [7, 11) is -3.15. The first-order valence-electron chi connectivity index (χ1n) is 10.2. The van der Waals surface area contributed by atoms with E-state index < -0.39 is 39.6 Å². The second-order valence-corrected chi connectivity index (χ2v) is 10.2. The molecule has 0 aliphatic carbocycles. The Labute approximate surface area is 184 Å². The molecule has 0 aromatic heterocycles. The quantitative estimate of drug-likeness (QED) is 0.626. The van der Waals surface area contributed by atoms with Crippen molar-refractivity contribution >= 4 is 33.1 Å². The molecule has 32 heavy (non-hydrogen) atoms. The van der Waals surface area contributed by atoms with Crippen LogP contribution in [-0.2, 0) is 35.1 Å². The number of morpholine rings is 1. The van der Waals surface area contributed by atoms with Gasteiger partial charge in [-0.15, -0.1) is 0 Å². The number of carbonyl (C=O) groups excluding carboxylic acids is 2. The van der Waals surface area contributed by atoms with Crippen LogP contribution >= 0.6 is 0 Å². The smallest absolute Gasteiger partial charge is 0.416 e. The predicted molar refractivity (Wildman–Crippen MR) is 110 cm³/mol. The number of nitrogens with one attached hydrogen (secondary N) is 1. The highest BCUT2D eigenvalue weighted by atomic mass is 32.2. The van der Waals surface area contributed by atoms with Crippen LogP contribution in [0.5, 0.6) is 0 Å². The molecule has 178 valence electrons. The van der Waals surface area contributed by atoms with Crippen LogP contribution in [0.1, 0.15) is 25.3 Å². The van der Waals surface area contributed by atoms with Gasteiger partial charge in [-0.3, -0.25) is 9.59 Å². The number of hydrogen-bond donors (Lipinski definition) is 1. The zero-order chi connectivity index (χ0) is 23.5. The van der Waals surface area contributed by atoms with Crippen molar-refractivity contribution in [2.75, 3.05) is 48.0 Å². The van der Waals surface area contributed by atoms with E-state index in [4.69, 9.17) is 9.47 Å². The van der Waals surface area contributed by atoms with Crippen molar-refractivity contribution < 1.29 is 40.7 Å². The monoisotopic (exact) mass is 478 g/mol.